The fourth-order valence-electron chi connectivity index (χ4n) is 1.98. The number of benzene rings is 2. The van der Waals surface area contributed by atoms with Crippen molar-refractivity contribution in [3.8, 4) is 0 Å². The van der Waals surface area contributed by atoms with Crippen molar-refractivity contribution in [3.63, 3.8) is 0 Å². The summed E-state index contributed by atoms with van der Waals surface area (Å²) >= 11 is 0. The molecule has 2 aromatic rings. The predicted octanol–water partition coefficient (Wildman–Crippen LogP) is 2.03. The Morgan fingerprint density at radius 2 is 1.33 bits per heavy atom. The summed E-state index contributed by atoms with van der Waals surface area (Å²) in [6.45, 7) is 0. The van der Waals surface area contributed by atoms with Crippen LogP contribution in [0, 0.1) is 0 Å². The van der Waals surface area contributed by atoms with E-state index in [9.17, 15) is 13.2 Å². The highest BCUT2D eigenvalue weighted by atomic mass is 32.2. The molecule has 0 saturated heterocycles. The van der Waals surface area contributed by atoms with Gasteiger partial charge < -0.3 is 5.32 Å². The van der Waals surface area contributed by atoms with Crippen LogP contribution in [0.3, 0.4) is 0 Å². The van der Waals surface area contributed by atoms with Gasteiger partial charge in [0.15, 0.2) is 0 Å². The highest BCUT2D eigenvalue weighted by Crippen LogP contribution is 2.21. The molecule has 0 bridgehead atoms. The van der Waals surface area contributed by atoms with Crippen molar-refractivity contribution >= 4 is 16.1 Å². The molecule has 0 aliphatic carbocycles. The Labute approximate surface area is 124 Å². The zero-order valence-corrected chi connectivity index (χ0v) is 12.3. The fraction of sp³-hybridized carbons (Fsp3) is 0.133. The van der Waals surface area contributed by atoms with E-state index in [2.05, 4.69) is 5.32 Å². The first-order valence-electron chi connectivity index (χ1n) is 6.34. The topological polar surface area (TPSA) is 75.3 Å². The van der Waals surface area contributed by atoms with Crippen molar-refractivity contribution in [2.45, 2.75) is 6.04 Å². The van der Waals surface area contributed by atoms with Crippen LogP contribution in [-0.4, -0.2) is 20.7 Å². The van der Waals surface area contributed by atoms with Gasteiger partial charge in [-0.15, -0.1) is 0 Å². The van der Waals surface area contributed by atoms with Crippen LogP contribution in [0.1, 0.15) is 17.2 Å². The summed E-state index contributed by atoms with van der Waals surface area (Å²) in [5, 5.41) is 2.68. The first-order chi connectivity index (χ1) is 9.96. The van der Waals surface area contributed by atoms with E-state index in [4.69, 9.17) is 0 Å². The highest BCUT2D eigenvalue weighted by molar-refractivity contribution is 7.89. The minimum absolute atomic E-state index is 0.422. The molecule has 21 heavy (non-hydrogen) atoms. The van der Waals surface area contributed by atoms with Gasteiger partial charge >= 0.3 is 6.03 Å². The highest BCUT2D eigenvalue weighted by Gasteiger charge is 2.18. The number of amides is 2. The zero-order chi connectivity index (χ0) is 15.3. The molecule has 110 valence electrons. The Morgan fingerprint density at radius 1 is 0.905 bits per heavy atom. The molecule has 0 heterocycles. The molecule has 2 N–H and O–H groups in total. The van der Waals surface area contributed by atoms with Gasteiger partial charge in [-0.3, -0.25) is 0 Å². The van der Waals surface area contributed by atoms with Gasteiger partial charge in [-0.1, -0.05) is 60.7 Å². The average molecular weight is 304 g/mol. The largest absolute Gasteiger partial charge is 0.329 e. The quantitative estimate of drug-likeness (QED) is 0.907. The van der Waals surface area contributed by atoms with Crippen LogP contribution in [-0.2, 0) is 10.0 Å². The standard InChI is InChI=1S/C15H16N2O3S/c1-21(19,20)17-15(18)16-14(12-8-4-2-5-9-12)13-10-6-3-7-11-13/h2-11,14H,1H3,(H2,16,17,18). The number of carbonyl (C=O) groups excluding carboxylic acids is 1. The Morgan fingerprint density at radius 3 is 1.71 bits per heavy atom. The molecule has 0 aliphatic heterocycles. The first kappa shape index (κ1) is 15.1. The maximum Gasteiger partial charge on any atom is 0.329 e. The lowest BCUT2D eigenvalue weighted by Gasteiger charge is -2.19. The smallest absolute Gasteiger partial charge is 0.326 e. The molecule has 0 radical (unpaired) electrons. The second-order valence-corrected chi connectivity index (χ2v) is 6.35. The van der Waals surface area contributed by atoms with Gasteiger partial charge in [-0.05, 0) is 11.1 Å². The van der Waals surface area contributed by atoms with E-state index in [1.54, 1.807) is 0 Å². The minimum Gasteiger partial charge on any atom is -0.326 e. The van der Waals surface area contributed by atoms with Crippen LogP contribution < -0.4 is 10.0 Å². The van der Waals surface area contributed by atoms with Gasteiger partial charge in [0.05, 0.1) is 12.3 Å². The van der Waals surface area contributed by atoms with Crippen LogP contribution in [0.4, 0.5) is 4.79 Å². The summed E-state index contributed by atoms with van der Waals surface area (Å²) in [5.74, 6) is 0. The van der Waals surface area contributed by atoms with Crippen LogP contribution in [0.15, 0.2) is 60.7 Å². The summed E-state index contributed by atoms with van der Waals surface area (Å²) in [7, 11) is -3.60. The van der Waals surface area contributed by atoms with Crippen molar-refractivity contribution < 1.29 is 13.2 Å². The summed E-state index contributed by atoms with van der Waals surface area (Å²) in [6, 6.07) is 17.5. The number of hydrogen-bond acceptors (Lipinski definition) is 3. The van der Waals surface area contributed by atoms with Crippen LogP contribution >= 0.6 is 0 Å². The van der Waals surface area contributed by atoms with Crippen LogP contribution in [0.2, 0.25) is 0 Å². The third kappa shape index (κ3) is 4.61. The van der Waals surface area contributed by atoms with E-state index >= 15 is 0 Å². The minimum atomic E-state index is -3.60. The third-order valence-corrected chi connectivity index (χ3v) is 3.38. The maximum absolute atomic E-state index is 11.8. The molecule has 6 heteroatoms. The lowest BCUT2D eigenvalue weighted by molar-refractivity contribution is 0.243. The Hall–Kier alpha value is -2.34. The second kappa shape index (κ2) is 6.41. The van der Waals surface area contributed by atoms with Gasteiger partial charge in [0.25, 0.3) is 0 Å². The predicted molar refractivity (Wildman–Crippen MR) is 81.2 cm³/mol. The number of sulfonamides is 1. The maximum atomic E-state index is 11.8. The Kier molecular flexibility index (Phi) is 4.59. The summed E-state index contributed by atoms with van der Waals surface area (Å²) in [5.41, 5.74) is 1.74. The third-order valence-electron chi connectivity index (χ3n) is 2.82. The molecule has 2 amide bonds. The van der Waals surface area contributed by atoms with E-state index in [1.807, 2.05) is 65.4 Å². The Bertz CT molecular complexity index is 661. The molecule has 0 aromatic heterocycles. The molecule has 2 rings (SSSR count). The van der Waals surface area contributed by atoms with Crippen molar-refractivity contribution in [1.29, 1.82) is 0 Å². The zero-order valence-electron chi connectivity index (χ0n) is 11.5. The summed E-state index contributed by atoms with van der Waals surface area (Å²) in [4.78, 5) is 11.8. The monoisotopic (exact) mass is 304 g/mol. The van der Waals surface area contributed by atoms with E-state index in [0.717, 1.165) is 17.4 Å². The average Bonchev–Trinajstić information content (AvgIpc) is 2.45. The van der Waals surface area contributed by atoms with E-state index < -0.39 is 22.1 Å². The van der Waals surface area contributed by atoms with Gasteiger partial charge in [-0.2, -0.15) is 0 Å². The lowest BCUT2D eigenvalue weighted by atomic mass is 9.99. The molecule has 0 saturated carbocycles. The molecule has 5 nitrogen and oxygen atoms in total. The van der Waals surface area contributed by atoms with Crippen molar-refractivity contribution in [1.82, 2.24) is 10.0 Å². The Balaban J connectivity index is 2.28. The molecule has 2 aromatic carbocycles. The lowest BCUT2D eigenvalue weighted by Crippen LogP contribution is -2.41. The first-order valence-corrected chi connectivity index (χ1v) is 8.23. The second-order valence-electron chi connectivity index (χ2n) is 4.60. The number of urea groups is 1. The SMILES string of the molecule is CS(=O)(=O)NC(=O)NC(c1ccccc1)c1ccccc1. The fourth-order valence-corrected chi connectivity index (χ4v) is 2.37. The van der Waals surface area contributed by atoms with Gasteiger partial charge in [0, 0.05) is 0 Å². The van der Waals surface area contributed by atoms with E-state index in [1.165, 1.54) is 0 Å². The molecular weight excluding hydrogens is 288 g/mol. The number of rotatable bonds is 4. The van der Waals surface area contributed by atoms with Crippen LogP contribution in [0.25, 0.3) is 0 Å². The number of hydrogen-bond donors (Lipinski definition) is 2. The van der Waals surface area contributed by atoms with Crippen molar-refractivity contribution in [3.05, 3.63) is 71.8 Å². The molecule has 0 atom stereocenters. The molecule has 0 spiro atoms. The number of nitrogens with one attached hydrogen (secondary N) is 2. The molecular formula is C15H16N2O3S. The summed E-state index contributed by atoms with van der Waals surface area (Å²) in [6.07, 6.45) is 0.937. The van der Waals surface area contributed by atoms with Crippen molar-refractivity contribution in [2.24, 2.45) is 0 Å². The van der Waals surface area contributed by atoms with Gasteiger partial charge in [0.2, 0.25) is 10.0 Å². The molecule has 0 unspecified atom stereocenters. The van der Waals surface area contributed by atoms with Gasteiger partial charge in [-0.25, -0.2) is 17.9 Å². The number of carbonyl (C=O) groups is 1. The van der Waals surface area contributed by atoms with Crippen LogP contribution in [0.5, 0.6) is 0 Å². The van der Waals surface area contributed by atoms with E-state index in [0.29, 0.717) is 0 Å². The van der Waals surface area contributed by atoms with Crippen molar-refractivity contribution in [2.75, 3.05) is 6.26 Å². The normalized spacial score (nSPS) is 11.1. The molecule has 0 fully saturated rings. The van der Waals surface area contributed by atoms with E-state index in [-0.39, 0.29) is 0 Å². The molecule has 0 aliphatic rings. The van der Waals surface area contributed by atoms with Gasteiger partial charge in [0.1, 0.15) is 0 Å². The summed E-state index contributed by atoms with van der Waals surface area (Å²) < 4.78 is 24.2.